The molecule has 0 unspecified atom stereocenters. The molecule has 0 saturated heterocycles. The van der Waals surface area contributed by atoms with Crippen LogP contribution in [0.4, 0.5) is 4.39 Å². The smallest absolute Gasteiger partial charge is 0.341 e. The Morgan fingerprint density at radius 1 is 0.783 bits per heavy atom. The maximum absolute atomic E-state index is 13.4. The predicted molar refractivity (Wildman–Crippen MR) is 182 cm³/mol. The van der Waals surface area contributed by atoms with Crippen molar-refractivity contribution in [3.8, 4) is 28.0 Å². The van der Waals surface area contributed by atoms with Crippen LogP contribution >= 0.6 is 23.2 Å². The fourth-order valence-corrected chi connectivity index (χ4v) is 5.96. The van der Waals surface area contributed by atoms with Crippen molar-refractivity contribution in [1.82, 2.24) is 9.88 Å². The van der Waals surface area contributed by atoms with Gasteiger partial charge in [-0.2, -0.15) is 0 Å². The zero-order valence-corrected chi connectivity index (χ0v) is 26.8. The van der Waals surface area contributed by atoms with Gasteiger partial charge in [-0.25, -0.2) is 9.18 Å². The zero-order valence-electron chi connectivity index (χ0n) is 25.3. The highest BCUT2D eigenvalue weighted by molar-refractivity contribution is 6.31. The number of carbonyl (C=O) groups excluding carboxylic acids is 1. The Bertz CT molecular complexity index is 1770. The number of fused-ring (bicyclic) bond motifs is 1. The van der Waals surface area contributed by atoms with Crippen molar-refractivity contribution >= 4 is 46.0 Å². The van der Waals surface area contributed by atoms with Crippen molar-refractivity contribution in [3.05, 3.63) is 113 Å². The molecule has 1 amide bonds. The van der Waals surface area contributed by atoms with E-state index in [4.69, 9.17) is 27.9 Å². The van der Waals surface area contributed by atoms with Gasteiger partial charge in [0.2, 0.25) is 0 Å². The Hall–Kier alpha value is -4.33. The maximum Gasteiger partial charge on any atom is 0.341 e. The Morgan fingerprint density at radius 2 is 1.41 bits per heavy atom. The normalized spacial score (nSPS) is 11.1. The highest BCUT2D eigenvalue weighted by Crippen LogP contribution is 2.41. The summed E-state index contributed by atoms with van der Waals surface area (Å²) in [4.78, 5) is 24.9. The van der Waals surface area contributed by atoms with Crippen molar-refractivity contribution < 1.29 is 23.8 Å². The molecule has 46 heavy (non-hydrogen) atoms. The summed E-state index contributed by atoms with van der Waals surface area (Å²) in [6.45, 7) is 0.873. The first kappa shape index (κ1) is 33.0. The monoisotopic (exact) mass is 660 g/mol. The third-order valence-corrected chi connectivity index (χ3v) is 8.28. The van der Waals surface area contributed by atoms with E-state index in [0.29, 0.717) is 50.2 Å². The number of rotatable bonds is 15. The average molecular weight is 662 g/mol. The number of aryl methyl sites for hydroxylation is 1. The summed E-state index contributed by atoms with van der Waals surface area (Å²) in [5, 5.41) is 14.3. The zero-order chi connectivity index (χ0) is 32.5. The molecule has 2 N–H and O–H groups in total. The molecule has 0 atom stereocenters. The van der Waals surface area contributed by atoms with Gasteiger partial charge in [-0.05, 0) is 84.6 Å². The van der Waals surface area contributed by atoms with Gasteiger partial charge in [-0.15, -0.1) is 0 Å². The number of hydrogen-bond acceptors (Lipinski definition) is 3. The number of nitrogens with one attached hydrogen (secondary N) is 1. The molecule has 9 heteroatoms. The van der Waals surface area contributed by atoms with Crippen LogP contribution in [0, 0.1) is 5.82 Å². The van der Waals surface area contributed by atoms with Gasteiger partial charge >= 0.3 is 5.97 Å². The van der Waals surface area contributed by atoms with E-state index in [2.05, 4.69) is 9.88 Å². The van der Waals surface area contributed by atoms with E-state index in [0.717, 1.165) is 56.0 Å². The van der Waals surface area contributed by atoms with Crippen molar-refractivity contribution in [2.45, 2.75) is 45.1 Å². The summed E-state index contributed by atoms with van der Waals surface area (Å²) in [6, 6.07) is 24.5. The second-order valence-corrected chi connectivity index (χ2v) is 12.1. The molecule has 5 aromatic rings. The van der Waals surface area contributed by atoms with Gasteiger partial charge in [0.05, 0.1) is 0 Å². The van der Waals surface area contributed by atoms with Crippen LogP contribution in [0.15, 0.2) is 91.1 Å². The topological polar surface area (TPSA) is 80.6 Å². The Morgan fingerprint density at radius 3 is 2.04 bits per heavy atom. The van der Waals surface area contributed by atoms with E-state index >= 15 is 0 Å². The van der Waals surface area contributed by atoms with Crippen LogP contribution in [0.3, 0.4) is 0 Å². The number of carboxylic acid groups (broad SMARTS) is 1. The molecular formula is C37H35Cl2FN2O4. The molecule has 6 nitrogen and oxygen atoms in total. The number of carboxylic acids is 1. The van der Waals surface area contributed by atoms with Gasteiger partial charge in [0.15, 0.2) is 6.61 Å². The summed E-state index contributed by atoms with van der Waals surface area (Å²) in [5.41, 5.74) is 3.93. The minimum absolute atomic E-state index is 0.216. The standard InChI is InChI=1S/C37H35Cl2FN2O4/c38-29-11-7-9-25(19-29)32-22-28(23-33(36(32)46-24-35(43)44)26-10-8-12-30(39)20-26)37(45)41-16-5-3-1-2-4-6-17-42-18-15-27-21-31(40)13-14-34(27)42/h7-15,18-23H,1-6,16-17,24H2,(H,41,45)(H,43,44). The predicted octanol–water partition coefficient (Wildman–Crippen LogP) is 9.66. The molecule has 4 aromatic carbocycles. The minimum Gasteiger partial charge on any atom is -0.481 e. The van der Waals surface area contributed by atoms with Crippen LogP contribution in [0.1, 0.15) is 48.9 Å². The Kier molecular flexibility index (Phi) is 11.3. The lowest BCUT2D eigenvalue weighted by molar-refractivity contribution is -0.139. The molecule has 0 saturated carbocycles. The van der Waals surface area contributed by atoms with Crippen molar-refractivity contribution in [3.63, 3.8) is 0 Å². The first-order valence-corrected chi connectivity index (χ1v) is 16.1. The largest absolute Gasteiger partial charge is 0.481 e. The first-order valence-electron chi connectivity index (χ1n) is 15.4. The third kappa shape index (κ3) is 8.68. The number of benzene rings is 4. The number of carbonyl (C=O) groups is 2. The molecule has 0 fully saturated rings. The molecule has 0 aliphatic carbocycles. The molecule has 1 aromatic heterocycles. The van der Waals surface area contributed by atoms with Gasteiger partial charge < -0.3 is 19.7 Å². The van der Waals surface area contributed by atoms with Gasteiger partial charge in [0.25, 0.3) is 5.91 Å². The molecule has 0 spiro atoms. The molecule has 0 aliphatic rings. The van der Waals surface area contributed by atoms with E-state index in [1.807, 2.05) is 30.5 Å². The van der Waals surface area contributed by atoms with Crippen molar-refractivity contribution in [1.29, 1.82) is 0 Å². The molecular weight excluding hydrogens is 626 g/mol. The number of aromatic nitrogens is 1. The van der Waals surface area contributed by atoms with Crippen molar-refractivity contribution in [2.75, 3.05) is 13.2 Å². The van der Waals surface area contributed by atoms with E-state index in [1.54, 1.807) is 54.6 Å². The third-order valence-electron chi connectivity index (χ3n) is 7.81. The minimum atomic E-state index is -1.12. The second-order valence-electron chi connectivity index (χ2n) is 11.2. The Balaban J connectivity index is 1.20. The number of hydrogen-bond donors (Lipinski definition) is 2. The van der Waals surface area contributed by atoms with Gasteiger partial charge in [-0.3, -0.25) is 4.79 Å². The number of halogens is 3. The lowest BCUT2D eigenvalue weighted by Crippen LogP contribution is -2.24. The summed E-state index contributed by atoms with van der Waals surface area (Å²) in [5.74, 6) is -1.26. The number of amides is 1. The first-order chi connectivity index (χ1) is 22.3. The molecule has 0 radical (unpaired) electrons. The number of nitrogens with zero attached hydrogens (tertiary/aromatic N) is 1. The van der Waals surface area contributed by atoms with Crippen LogP contribution in [0.25, 0.3) is 33.2 Å². The summed E-state index contributed by atoms with van der Waals surface area (Å²) < 4.78 is 21.4. The second kappa shape index (κ2) is 15.8. The summed E-state index contributed by atoms with van der Waals surface area (Å²) in [6.07, 6.45) is 8.18. The van der Waals surface area contributed by atoms with Crippen molar-refractivity contribution in [2.24, 2.45) is 0 Å². The molecule has 1 heterocycles. The van der Waals surface area contributed by atoms with Crippen LogP contribution in [0.5, 0.6) is 5.75 Å². The highest BCUT2D eigenvalue weighted by Gasteiger charge is 2.20. The highest BCUT2D eigenvalue weighted by atomic mass is 35.5. The lowest BCUT2D eigenvalue weighted by Gasteiger charge is -2.18. The fourth-order valence-electron chi connectivity index (χ4n) is 5.57. The van der Waals surface area contributed by atoms with Crippen LogP contribution in [-0.2, 0) is 11.3 Å². The summed E-state index contributed by atoms with van der Waals surface area (Å²) in [7, 11) is 0. The fraction of sp³-hybridized carbons (Fsp3) is 0.243. The number of aliphatic carboxylic acids is 1. The maximum atomic E-state index is 13.4. The van der Waals surface area contributed by atoms with Gasteiger partial charge in [0, 0.05) is 56.9 Å². The number of unbranched alkanes of at least 4 members (excludes halogenated alkanes) is 5. The number of ether oxygens (including phenoxy) is 1. The van der Waals surface area contributed by atoms with Gasteiger partial charge in [0.1, 0.15) is 11.6 Å². The Labute approximate surface area is 277 Å². The van der Waals surface area contributed by atoms with E-state index in [1.165, 1.54) is 6.07 Å². The lowest BCUT2D eigenvalue weighted by atomic mass is 9.94. The van der Waals surface area contributed by atoms with E-state index in [9.17, 15) is 19.1 Å². The van der Waals surface area contributed by atoms with E-state index in [-0.39, 0.29) is 11.7 Å². The van der Waals surface area contributed by atoms with Crippen LogP contribution in [0.2, 0.25) is 10.0 Å². The van der Waals surface area contributed by atoms with E-state index < -0.39 is 12.6 Å². The van der Waals surface area contributed by atoms with Crippen LogP contribution in [-0.4, -0.2) is 34.7 Å². The molecule has 0 bridgehead atoms. The molecule has 0 aliphatic heterocycles. The molecule has 238 valence electrons. The quantitative estimate of drug-likeness (QED) is 0.110. The molecule has 5 rings (SSSR count). The summed E-state index contributed by atoms with van der Waals surface area (Å²) >= 11 is 12.6. The SMILES string of the molecule is O=C(O)COc1c(-c2cccc(Cl)c2)cc(C(=O)NCCCCCCCCn2ccc3cc(F)ccc32)cc1-c1cccc(Cl)c1. The average Bonchev–Trinajstić information content (AvgIpc) is 3.44. The van der Waals surface area contributed by atoms with Gasteiger partial charge in [-0.1, -0.05) is 73.2 Å². The van der Waals surface area contributed by atoms with Crippen LogP contribution < -0.4 is 10.1 Å².